The summed E-state index contributed by atoms with van der Waals surface area (Å²) in [6.45, 7) is 8.96. The lowest BCUT2D eigenvalue weighted by atomic mass is 10.1. The minimum Gasteiger partial charge on any atom is -0.357 e. The zero-order valence-electron chi connectivity index (χ0n) is 15.8. The Labute approximate surface area is 172 Å². The molecule has 2 aromatic heterocycles. The van der Waals surface area contributed by atoms with Crippen LogP contribution in [0.15, 0.2) is 28.7 Å². The molecule has 0 saturated heterocycles. The van der Waals surface area contributed by atoms with Crippen LogP contribution in [0.3, 0.4) is 0 Å². The molecule has 2 aromatic rings. The fourth-order valence-electron chi connectivity index (χ4n) is 2.69. The molecule has 7 heteroatoms. The average molecular weight is 475 g/mol. The van der Waals surface area contributed by atoms with E-state index in [9.17, 15) is 0 Å². The van der Waals surface area contributed by atoms with Gasteiger partial charge in [-0.15, -0.1) is 35.3 Å². The molecule has 0 spiro atoms. The van der Waals surface area contributed by atoms with Gasteiger partial charge in [-0.1, -0.05) is 19.9 Å². The van der Waals surface area contributed by atoms with Crippen LogP contribution in [0, 0.1) is 0 Å². The maximum absolute atomic E-state index is 4.78. The van der Waals surface area contributed by atoms with E-state index in [1.165, 1.54) is 16.1 Å². The van der Waals surface area contributed by atoms with Crippen molar-refractivity contribution in [2.75, 3.05) is 20.1 Å². The first-order valence-corrected chi connectivity index (χ1v) is 9.43. The molecule has 0 aliphatic rings. The standard InChI is InChI=1S/C18H29N5S.HI/c1-6-19-18(20-10-9-16-8-7-11-24-16)22(4)12-15-13-23(5)21-17(15)14(2)3;/h7-8,11,13-14H,6,9-10,12H2,1-5H3,(H,19,20);1H. The number of thiophene rings is 1. The van der Waals surface area contributed by atoms with Gasteiger partial charge in [0.25, 0.3) is 0 Å². The third-order valence-corrected chi connectivity index (χ3v) is 4.72. The average Bonchev–Trinajstić information content (AvgIpc) is 3.16. The number of nitrogens with zero attached hydrogens (tertiary/aromatic N) is 4. The minimum absolute atomic E-state index is 0. The van der Waals surface area contributed by atoms with Crippen LogP contribution in [0.5, 0.6) is 0 Å². The zero-order chi connectivity index (χ0) is 17.5. The van der Waals surface area contributed by atoms with Crippen LogP contribution in [0.25, 0.3) is 0 Å². The fourth-order valence-corrected chi connectivity index (χ4v) is 3.39. The van der Waals surface area contributed by atoms with Gasteiger partial charge in [0.05, 0.1) is 5.69 Å². The highest BCUT2D eigenvalue weighted by Crippen LogP contribution is 2.18. The molecule has 0 aromatic carbocycles. The van der Waals surface area contributed by atoms with Crippen LogP contribution in [0.1, 0.15) is 42.8 Å². The van der Waals surface area contributed by atoms with Gasteiger partial charge in [0, 0.05) is 56.8 Å². The Balaban J connectivity index is 0.00000312. The van der Waals surface area contributed by atoms with E-state index in [2.05, 4.69) is 66.8 Å². The molecular formula is C18H30IN5S. The van der Waals surface area contributed by atoms with Crippen LogP contribution in [0.2, 0.25) is 0 Å². The van der Waals surface area contributed by atoms with Crippen molar-refractivity contribution < 1.29 is 0 Å². The highest BCUT2D eigenvalue weighted by molar-refractivity contribution is 14.0. The van der Waals surface area contributed by atoms with Crippen molar-refractivity contribution in [3.8, 4) is 0 Å². The van der Waals surface area contributed by atoms with Crippen molar-refractivity contribution in [1.82, 2.24) is 20.0 Å². The molecule has 2 rings (SSSR count). The number of nitrogens with one attached hydrogen (secondary N) is 1. The van der Waals surface area contributed by atoms with Crippen molar-refractivity contribution in [3.63, 3.8) is 0 Å². The predicted octanol–water partition coefficient (Wildman–Crippen LogP) is 3.86. The minimum atomic E-state index is 0. The van der Waals surface area contributed by atoms with E-state index >= 15 is 0 Å². The molecule has 0 saturated carbocycles. The van der Waals surface area contributed by atoms with Gasteiger partial charge in [-0.25, -0.2) is 0 Å². The fraction of sp³-hybridized carbons (Fsp3) is 0.556. The molecule has 0 radical (unpaired) electrons. The number of hydrogen-bond donors (Lipinski definition) is 1. The SMILES string of the molecule is CCNC(=NCCc1cccs1)N(C)Cc1cn(C)nc1C(C)C.I. The second-order valence-electron chi connectivity index (χ2n) is 6.29. The summed E-state index contributed by atoms with van der Waals surface area (Å²) in [5, 5.41) is 10.1. The monoisotopic (exact) mass is 475 g/mol. The molecule has 25 heavy (non-hydrogen) atoms. The van der Waals surface area contributed by atoms with Crippen LogP contribution >= 0.6 is 35.3 Å². The van der Waals surface area contributed by atoms with Crippen LogP contribution < -0.4 is 5.32 Å². The number of hydrogen-bond acceptors (Lipinski definition) is 3. The molecule has 140 valence electrons. The molecule has 0 aliphatic heterocycles. The Hall–Kier alpha value is -1.09. The summed E-state index contributed by atoms with van der Waals surface area (Å²) >= 11 is 1.79. The van der Waals surface area contributed by atoms with Gasteiger partial charge in [0.2, 0.25) is 0 Å². The first-order chi connectivity index (χ1) is 11.5. The molecule has 0 amide bonds. The third kappa shape index (κ3) is 6.62. The molecule has 5 nitrogen and oxygen atoms in total. The summed E-state index contributed by atoms with van der Waals surface area (Å²) in [7, 11) is 4.07. The molecular weight excluding hydrogens is 445 g/mol. The second-order valence-corrected chi connectivity index (χ2v) is 7.32. The summed E-state index contributed by atoms with van der Waals surface area (Å²) in [5.74, 6) is 1.38. The molecule has 0 fully saturated rings. The summed E-state index contributed by atoms with van der Waals surface area (Å²) < 4.78 is 1.90. The maximum Gasteiger partial charge on any atom is 0.193 e. The molecule has 0 bridgehead atoms. The quantitative estimate of drug-likeness (QED) is 0.376. The zero-order valence-corrected chi connectivity index (χ0v) is 19.0. The Morgan fingerprint density at radius 3 is 2.80 bits per heavy atom. The number of guanidine groups is 1. The number of aryl methyl sites for hydroxylation is 1. The van der Waals surface area contributed by atoms with Crippen molar-refractivity contribution in [2.45, 2.75) is 39.7 Å². The summed E-state index contributed by atoms with van der Waals surface area (Å²) in [6, 6.07) is 4.26. The van der Waals surface area contributed by atoms with E-state index in [0.29, 0.717) is 5.92 Å². The van der Waals surface area contributed by atoms with Crippen molar-refractivity contribution in [2.24, 2.45) is 12.0 Å². The molecule has 2 heterocycles. The lowest BCUT2D eigenvalue weighted by molar-refractivity contribution is 0.473. The summed E-state index contributed by atoms with van der Waals surface area (Å²) in [5.41, 5.74) is 2.43. The number of aromatic nitrogens is 2. The third-order valence-electron chi connectivity index (χ3n) is 3.79. The van der Waals surface area contributed by atoms with Crippen LogP contribution in [-0.2, 0) is 20.0 Å². The van der Waals surface area contributed by atoms with Crippen molar-refractivity contribution in [1.29, 1.82) is 0 Å². The van der Waals surface area contributed by atoms with E-state index in [1.54, 1.807) is 11.3 Å². The molecule has 1 N–H and O–H groups in total. The van der Waals surface area contributed by atoms with E-state index in [0.717, 1.165) is 32.0 Å². The Kier molecular flexibility index (Phi) is 9.48. The number of rotatable bonds is 7. The lowest BCUT2D eigenvalue weighted by Crippen LogP contribution is -2.38. The number of halogens is 1. The summed E-state index contributed by atoms with van der Waals surface area (Å²) in [4.78, 5) is 8.34. The van der Waals surface area contributed by atoms with Gasteiger partial charge in [0.1, 0.15) is 0 Å². The first kappa shape index (κ1) is 22.0. The highest BCUT2D eigenvalue weighted by Gasteiger charge is 2.15. The number of aliphatic imine (C=N–C) groups is 1. The Morgan fingerprint density at radius 1 is 1.44 bits per heavy atom. The van der Waals surface area contributed by atoms with Gasteiger partial charge >= 0.3 is 0 Å². The normalized spacial score (nSPS) is 11.5. The van der Waals surface area contributed by atoms with Crippen molar-refractivity contribution >= 4 is 41.3 Å². The van der Waals surface area contributed by atoms with Gasteiger partial charge in [-0.2, -0.15) is 5.10 Å². The lowest BCUT2D eigenvalue weighted by Gasteiger charge is -2.22. The molecule has 0 unspecified atom stereocenters. The van der Waals surface area contributed by atoms with Gasteiger partial charge in [-0.05, 0) is 24.3 Å². The van der Waals surface area contributed by atoms with Crippen LogP contribution in [0.4, 0.5) is 0 Å². The maximum atomic E-state index is 4.78. The Bertz CT molecular complexity index is 648. The van der Waals surface area contributed by atoms with Gasteiger partial charge in [0.15, 0.2) is 5.96 Å². The molecule has 0 aliphatic carbocycles. The smallest absolute Gasteiger partial charge is 0.193 e. The van der Waals surface area contributed by atoms with E-state index < -0.39 is 0 Å². The summed E-state index contributed by atoms with van der Waals surface area (Å²) in [6.07, 6.45) is 3.10. The molecule has 0 atom stereocenters. The van der Waals surface area contributed by atoms with Crippen molar-refractivity contribution in [3.05, 3.63) is 39.8 Å². The van der Waals surface area contributed by atoms with E-state index in [4.69, 9.17) is 4.99 Å². The first-order valence-electron chi connectivity index (χ1n) is 8.55. The van der Waals surface area contributed by atoms with Crippen LogP contribution in [-0.4, -0.2) is 40.8 Å². The second kappa shape index (κ2) is 10.8. The largest absolute Gasteiger partial charge is 0.357 e. The van der Waals surface area contributed by atoms with Gasteiger partial charge in [-0.3, -0.25) is 9.67 Å². The Morgan fingerprint density at radius 2 is 2.20 bits per heavy atom. The van der Waals surface area contributed by atoms with E-state index in [1.807, 2.05) is 11.7 Å². The van der Waals surface area contributed by atoms with Gasteiger partial charge < -0.3 is 10.2 Å². The highest BCUT2D eigenvalue weighted by atomic mass is 127. The predicted molar refractivity (Wildman–Crippen MR) is 118 cm³/mol. The topological polar surface area (TPSA) is 45.5 Å². The van der Waals surface area contributed by atoms with E-state index in [-0.39, 0.29) is 24.0 Å².